The molecule has 1 aliphatic heterocycles. The Hall–Kier alpha value is -2.42. The van der Waals surface area contributed by atoms with Crippen LogP contribution in [0.2, 0.25) is 0 Å². The van der Waals surface area contributed by atoms with Crippen LogP contribution in [0.15, 0.2) is 12.7 Å². The van der Waals surface area contributed by atoms with Crippen molar-refractivity contribution in [1.82, 2.24) is 30.2 Å². The fourth-order valence-corrected chi connectivity index (χ4v) is 7.41. The van der Waals surface area contributed by atoms with Gasteiger partial charge in [0.2, 0.25) is 11.8 Å². The van der Waals surface area contributed by atoms with Gasteiger partial charge in [0, 0.05) is 30.8 Å². The molecule has 9 N–H and O–H groups in total. The minimum Gasteiger partial charge on any atom is -0.383 e. The smallest absolute Gasteiger partial charge is 0.383 e. The number of rotatable bonds is 18. The summed E-state index contributed by atoms with van der Waals surface area (Å²) >= 11 is 0. The zero-order valence-electron chi connectivity index (χ0n) is 27.2. The fourth-order valence-electron chi connectivity index (χ4n) is 4.48. The van der Waals surface area contributed by atoms with E-state index in [1.165, 1.54) is 31.7 Å². The minimum absolute atomic E-state index is 0.00504. The molecule has 49 heavy (non-hydrogen) atoms. The number of carbonyl (C=O) groups is 2. The first-order valence-electron chi connectivity index (χ1n) is 14.8. The number of aliphatic hydroxyl groups excluding tert-OH is 1. The van der Waals surface area contributed by atoms with Gasteiger partial charge in [0.05, 0.1) is 12.9 Å². The number of anilines is 1. The summed E-state index contributed by atoms with van der Waals surface area (Å²) in [6.45, 7) is 7.44. The second kappa shape index (κ2) is 16.3. The van der Waals surface area contributed by atoms with Gasteiger partial charge in [-0.1, -0.05) is 34.6 Å². The summed E-state index contributed by atoms with van der Waals surface area (Å²) < 4.78 is 62.9. The van der Waals surface area contributed by atoms with Gasteiger partial charge in [-0.25, -0.2) is 28.6 Å². The maximum atomic E-state index is 12.9. The van der Waals surface area contributed by atoms with Crippen LogP contribution < -0.4 is 16.4 Å². The number of nitrogen functional groups attached to an aromatic ring is 1. The second-order valence-electron chi connectivity index (χ2n) is 12.3. The zero-order valence-corrected chi connectivity index (χ0v) is 29.9. The van der Waals surface area contributed by atoms with Gasteiger partial charge in [-0.3, -0.25) is 27.7 Å². The third kappa shape index (κ3) is 11.8. The topological polar surface area (TPSA) is 326 Å². The van der Waals surface area contributed by atoms with Gasteiger partial charge >= 0.3 is 23.5 Å². The fraction of sp³-hybridized carbons (Fsp3) is 0.708. The predicted octanol–water partition coefficient (Wildman–Crippen LogP) is 0.684. The Bertz CT molecular complexity index is 1620. The van der Waals surface area contributed by atoms with Crippen molar-refractivity contribution in [3.8, 4) is 0 Å². The standard InChI is InChI=1S/C24H42N7O15P3/c1-13(2)6-8-26-15(32)7-9-27-21(34)18(33)24(4,5)10-42-48(38,39)46-49(40,41)45-23-17(44-47(35,36)37)14(3)22(43-23)31-12-30-16-19(25)28-11-29-20(16)31/h11-14,17-18,22-23,33H,6-10H2,1-5H3,(H,26,32)(H,27,34)(H,38,39)(H,40,41)(H2,25,28,29)(H2,35,36,37)/t14-,17+,18+,22?,23-/m1/s1. The molecule has 0 radical (unpaired) electrons. The highest BCUT2D eigenvalue weighted by Gasteiger charge is 2.52. The van der Waals surface area contributed by atoms with Crippen molar-refractivity contribution in [1.29, 1.82) is 0 Å². The summed E-state index contributed by atoms with van der Waals surface area (Å²) in [5.41, 5.74) is 4.49. The largest absolute Gasteiger partial charge is 0.483 e. The SMILES string of the molecule is CC(C)CCNC(=O)CCNC(=O)[C@H](O)C(C)(C)COP(=O)(O)OP(=O)(O)O[C@H]1OC(n2cnc3c(N)ncnc32)[C@H](C)[C@@H]1OP(=O)(O)O. The molecule has 1 saturated heterocycles. The lowest BCUT2D eigenvalue weighted by Crippen LogP contribution is -2.46. The highest BCUT2D eigenvalue weighted by atomic mass is 31.3. The van der Waals surface area contributed by atoms with Gasteiger partial charge in [-0.15, -0.1) is 0 Å². The Balaban J connectivity index is 1.62. The molecule has 0 aliphatic carbocycles. The quantitative estimate of drug-likeness (QED) is 0.0968. The van der Waals surface area contributed by atoms with E-state index < -0.39 is 72.0 Å². The van der Waals surface area contributed by atoms with E-state index in [0.29, 0.717) is 12.5 Å². The molecule has 2 aromatic heterocycles. The summed E-state index contributed by atoms with van der Waals surface area (Å²) in [6, 6.07) is 0. The highest BCUT2D eigenvalue weighted by molar-refractivity contribution is 7.61. The van der Waals surface area contributed by atoms with Gasteiger partial charge in [0.25, 0.3) is 0 Å². The van der Waals surface area contributed by atoms with Crippen molar-refractivity contribution in [3.63, 3.8) is 0 Å². The van der Waals surface area contributed by atoms with Crippen LogP contribution in [0.3, 0.4) is 0 Å². The molecule has 2 amide bonds. The molecule has 3 rings (SSSR count). The van der Waals surface area contributed by atoms with Gasteiger partial charge in [0.15, 0.2) is 17.8 Å². The van der Waals surface area contributed by atoms with E-state index in [1.54, 1.807) is 0 Å². The highest BCUT2D eigenvalue weighted by Crippen LogP contribution is 2.63. The Morgan fingerprint density at radius 1 is 1.06 bits per heavy atom. The molecule has 3 heterocycles. The molecular formula is C24H42N7O15P3. The van der Waals surface area contributed by atoms with Crippen LogP contribution in [-0.4, -0.2) is 94.2 Å². The number of nitrogens with two attached hydrogens (primary N) is 1. The normalized spacial score (nSPS) is 23.2. The van der Waals surface area contributed by atoms with Crippen molar-refractivity contribution >= 4 is 52.3 Å². The molecule has 25 heteroatoms. The molecule has 1 aliphatic rings. The van der Waals surface area contributed by atoms with E-state index in [0.717, 1.165) is 12.7 Å². The molecule has 3 unspecified atom stereocenters. The number of ether oxygens (including phenoxy) is 1. The number of phosphoric acid groups is 3. The number of hydrogen-bond acceptors (Lipinski definition) is 15. The summed E-state index contributed by atoms with van der Waals surface area (Å²) in [5, 5.41) is 15.6. The van der Waals surface area contributed by atoms with Crippen LogP contribution in [0.25, 0.3) is 11.2 Å². The first-order chi connectivity index (χ1) is 22.5. The number of carbonyl (C=O) groups excluding carboxylic acids is 2. The molecule has 1 fully saturated rings. The summed E-state index contributed by atoms with van der Waals surface area (Å²) in [5.74, 6) is -1.88. The molecule has 22 nitrogen and oxygen atoms in total. The van der Waals surface area contributed by atoms with Crippen LogP contribution in [0.4, 0.5) is 5.82 Å². The lowest BCUT2D eigenvalue weighted by molar-refractivity contribution is -0.137. The second-order valence-corrected chi connectivity index (χ2v) is 16.4. The van der Waals surface area contributed by atoms with E-state index in [9.17, 15) is 48.0 Å². The number of hydrogen-bond donors (Lipinski definition) is 8. The molecule has 0 aromatic carbocycles. The van der Waals surface area contributed by atoms with Gasteiger partial charge < -0.3 is 45.8 Å². The lowest BCUT2D eigenvalue weighted by atomic mass is 9.87. The Kier molecular flexibility index (Phi) is 13.6. The maximum Gasteiger partial charge on any atom is 0.483 e. The van der Waals surface area contributed by atoms with E-state index in [2.05, 4.69) is 29.9 Å². The van der Waals surface area contributed by atoms with Crippen molar-refractivity contribution in [2.24, 2.45) is 17.3 Å². The number of nitrogens with zero attached hydrogens (tertiary/aromatic N) is 4. The first kappa shape index (κ1) is 41.0. The number of aromatic nitrogens is 4. The van der Waals surface area contributed by atoms with Gasteiger partial charge in [-0.05, 0) is 12.3 Å². The average molecular weight is 762 g/mol. The Morgan fingerprint density at radius 3 is 2.37 bits per heavy atom. The molecular weight excluding hydrogens is 719 g/mol. The molecule has 278 valence electrons. The van der Waals surface area contributed by atoms with Crippen LogP contribution in [0.5, 0.6) is 0 Å². The Labute approximate surface area is 280 Å². The van der Waals surface area contributed by atoms with Crippen molar-refractivity contribution < 1.29 is 70.6 Å². The van der Waals surface area contributed by atoms with Gasteiger partial charge in [0.1, 0.15) is 30.3 Å². The number of amides is 2. The molecule has 0 spiro atoms. The van der Waals surface area contributed by atoms with Crippen LogP contribution >= 0.6 is 23.5 Å². The number of nitrogens with one attached hydrogen (secondary N) is 2. The Morgan fingerprint density at radius 2 is 1.73 bits per heavy atom. The van der Waals surface area contributed by atoms with E-state index >= 15 is 0 Å². The third-order valence-corrected chi connectivity index (χ3v) is 10.3. The van der Waals surface area contributed by atoms with Crippen molar-refractivity contribution in [2.45, 2.75) is 72.2 Å². The summed E-state index contributed by atoms with van der Waals surface area (Å²) in [4.78, 5) is 75.8. The zero-order chi connectivity index (χ0) is 36.9. The molecule has 7 atom stereocenters. The molecule has 0 bridgehead atoms. The van der Waals surface area contributed by atoms with E-state index in [-0.39, 0.29) is 35.9 Å². The number of phosphoric ester groups is 3. The van der Waals surface area contributed by atoms with Crippen molar-refractivity contribution in [3.05, 3.63) is 12.7 Å². The number of fused-ring (bicyclic) bond motifs is 1. The predicted molar refractivity (Wildman–Crippen MR) is 167 cm³/mol. The number of aliphatic hydroxyl groups is 1. The minimum atomic E-state index is -5.66. The van der Waals surface area contributed by atoms with Crippen molar-refractivity contribution in [2.75, 3.05) is 25.4 Å². The number of imidazole rings is 1. The van der Waals surface area contributed by atoms with Crippen LogP contribution in [0.1, 0.15) is 53.7 Å². The molecule has 0 saturated carbocycles. The summed E-state index contributed by atoms with van der Waals surface area (Å²) in [6.07, 6.45) is -3.88. The third-order valence-electron chi connectivity index (χ3n) is 7.16. The van der Waals surface area contributed by atoms with Gasteiger partial charge in [-0.2, -0.15) is 4.31 Å². The van der Waals surface area contributed by atoms with Crippen LogP contribution in [-0.2, 0) is 45.9 Å². The molecule has 2 aromatic rings. The van der Waals surface area contributed by atoms with E-state index in [1.807, 2.05) is 13.8 Å². The first-order valence-corrected chi connectivity index (χ1v) is 19.3. The maximum absolute atomic E-state index is 12.9. The van der Waals surface area contributed by atoms with Crippen LogP contribution in [0, 0.1) is 17.3 Å². The average Bonchev–Trinajstić information content (AvgIpc) is 3.51. The monoisotopic (exact) mass is 761 g/mol. The van der Waals surface area contributed by atoms with E-state index in [4.69, 9.17) is 24.0 Å². The summed E-state index contributed by atoms with van der Waals surface area (Å²) in [7, 11) is -16.4. The lowest BCUT2D eigenvalue weighted by Gasteiger charge is -2.30.